The van der Waals surface area contributed by atoms with Gasteiger partial charge in [0.1, 0.15) is 0 Å². The Morgan fingerprint density at radius 1 is 0.600 bits per heavy atom. The second kappa shape index (κ2) is 27.1. The Hall–Kier alpha value is 3.19. The molecule has 5 heavy (non-hydrogen) atoms. The van der Waals surface area contributed by atoms with Crippen LogP contribution in [0, 0.1) is 0 Å². The van der Waals surface area contributed by atoms with Gasteiger partial charge >= 0.3 is 72.4 Å². The van der Waals surface area contributed by atoms with Gasteiger partial charge in [-0.25, -0.2) is 0 Å². The van der Waals surface area contributed by atoms with Crippen LogP contribution in [0.3, 0.4) is 0 Å². The van der Waals surface area contributed by atoms with Crippen LogP contribution in [0.1, 0.15) is 0 Å². The molecule has 5 heteroatoms. The van der Waals surface area contributed by atoms with Crippen LogP contribution in [0.5, 0.6) is 0 Å². The van der Waals surface area contributed by atoms with Crippen molar-refractivity contribution in [1.29, 1.82) is 0 Å². The molecule has 0 aromatic heterocycles. The summed E-state index contributed by atoms with van der Waals surface area (Å²) in [5.41, 5.74) is 0. The maximum absolute atomic E-state index is 0. The average molecular weight is 341 g/mol. The normalized spacial score (nSPS) is 0. The van der Waals surface area contributed by atoms with Crippen molar-refractivity contribution in [3.05, 3.63) is 0 Å². The molecule has 0 aliphatic rings. The largest absolute Gasteiger partial charge is 2.00 e. The Labute approximate surface area is 107 Å². The first-order valence-corrected chi connectivity index (χ1v) is 0. The van der Waals surface area contributed by atoms with Crippen molar-refractivity contribution in [2.75, 3.05) is 0 Å². The molecule has 0 heterocycles. The van der Waals surface area contributed by atoms with Gasteiger partial charge in [0.25, 0.3) is 0 Å². The van der Waals surface area contributed by atoms with Crippen molar-refractivity contribution < 1.29 is 110 Å². The zero-order valence-electron chi connectivity index (χ0n) is 2.45. The van der Waals surface area contributed by atoms with Crippen LogP contribution in [-0.4, -0.2) is 0 Å². The third kappa shape index (κ3) is 19.0. The van der Waals surface area contributed by atoms with E-state index in [1.807, 2.05) is 0 Å². The number of rotatable bonds is 0. The molecule has 0 N–H and O–H groups in total. The van der Waals surface area contributed by atoms with Crippen LogP contribution < -0.4 is 88.6 Å². The fraction of sp³-hybridized carbons (Fsp3) is 0. The van der Waals surface area contributed by atoms with E-state index in [0.717, 1.165) is 0 Å². The van der Waals surface area contributed by atoms with Crippen LogP contribution in [0.2, 0.25) is 0 Å². The SMILES string of the molecule is [Cl-].[Cl-].[Cl-].[K+].[Pt+2]. The Kier molecular flexibility index (Phi) is 225. The average Bonchev–Trinajstić information content (AvgIpc) is 0. The molecule has 0 unspecified atom stereocenters. The fourth-order valence-corrected chi connectivity index (χ4v) is 0. The van der Waals surface area contributed by atoms with Gasteiger partial charge in [-0.3, -0.25) is 0 Å². The summed E-state index contributed by atoms with van der Waals surface area (Å²) in [6.45, 7) is 0. The Morgan fingerprint density at radius 2 is 0.600 bits per heavy atom. The molecule has 0 aliphatic heterocycles. The topological polar surface area (TPSA) is 0 Å². The summed E-state index contributed by atoms with van der Waals surface area (Å²) >= 11 is 0. The van der Waals surface area contributed by atoms with Gasteiger partial charge in [0.2, 0.25) is 0 Å². The number of halogens is 3. The third-order valence-electron chi connectivity index (χ3n) is 0. The summed E-state index contributed by atoms with van der Waals surface area (Å²) in [5.74, 6) is 0. The molecule has 0 atom stereocenters. The van der Waals surface area contributed by atoms with Crippen molar-refractivity contribution in [2.45, 2.75) is 0 Å². The van der Waals surface area contributed by atoms with Gasteiger partial charge in [-0.2, -0.15) is 0 Å². The van der Waals surface area contributed by atoms with E-state index in [4.69, 9.17) is 0 Å². The minimum atomic E-state index is 0. The van der Waals surface area contributed by atoms with Crippen molar-refractivity contribution in [1.82, 2.24) is 0 Å². The van der Waals surface area contributed by atoms with Gasteiger partial charge in [0.05, 0.1) is 0 Å². The van der Waals surface area contributed by atoms with Crippen LogP contribution in [-0.2, 0) is 21.1 Å². The molecule has 0 aliphatic carbocycles. The standard InChI is InChI=1S/3ClH.K.Pt/h3*1H;;/q;;;+1;+2/p-3. The van der Waals surface area contributed by atoms with Gasteiger partial charge in [-0.1, -0.05) is 0 Å². The minimum Gasteiger partial charge on any atom is -1.00 e. The Bertz CT molecular complexity index is 6.85. The summed E-state index contributed by atoms with van der Waals surface area (Å²) in [6, 6.07) is 0. The van der Waals surface area contributed by atoms with E-state index < -0.39 is 0 Å². The first-order valence-electron chi connectivity index (χ1n) is 0. The zero-order chi connectivity index (χ0) is 0. The summed E-state index contributed by atoms with van der Waals surface area (Å²) in [6.07, 6.45) is 0. The minimum absolute atomic E-state index is 0. The van der Waals surface area contributed by atoms with E-state index in [1.165, 1.54) is 0 Å². The van der Waals surface area contributed by atoms with E-state index in [9.17, 15) is 0 Å². The summed E-state index contributed by atoms with van der Waals surface area (Å²) in [5, 5.41) is 0. The molecule has 0 radical (unpaired) electrons. The molecule has 0 aromatic carbocycles. The maximum Gasteiger partial charge on any atom is 2.00 e. The van der Waals surface area contributed by atoms with Crippen LogP contribution in [0.15, 0.2) is 0 Å². The second-order valence-corrected chi connectivity index (χ2v) is 0. The smallest absolute Gasteiger partial charge is 1.00 e. The first-order chi connectivity index (χ1) is 0. The molecule has 0 nitrogen and oxygen atoms in total. The molecular formula is Cl3KPt. The van der Waals surface area contributed by atoms with Gasteiger partial charge in [0, 0.05) is 0 Å². The number of hydrogen-bond acceptors (Lipinski definition) is 0. The van der Waals surface area contributed by atoms with E-state index in [-0.39, 0.29) is 110 Å². The summed E-state index contributed by atoms with van der Waals surface area (Å²) in [7, 11) is 0. The molecule has 0 amide bonds. The molecule has 32 valence electrons. The Balaban J connectivity index is 0. The van der Waals surface area contributed by atoms with E-state index in [2.05, 4.69) is 0 Å². The summed E-state index contributed by atoms with van der Waals surface area (Å²) in [4.78, 5) is 0. The third-order valence-corrected chi connectivity index (χ3v) is 0. The zero-order valence-corrected chi connectivity index (χ0v) is 10.1. The van der Waals surface area contributed by atoms with Crippen LogP contribution in [0.25, 0.3) is 0 Å². The quantitative estimate of drug-likeness (QED) is 0.384. The van der Waals surface area contributed by atoms with E-state index >= 15 is 0 Å². The molecule has 0 bridgehead atoms. The van der Waals surface area contributed by atoms with E-state index in [1.54, 1.807) is 0 Å². The molecule has 0 saturated carbocycles. The molecule has 0 spiro atoms. The molecular weight excluding hydrogens is 341 g/mol. The van der Waals surface area contributed by atoms with Crippen LogP contribution >= 0.6 is 0 Å². The second-order valence-electron chi connectivity index (χ2n) is 0. The predicted molar refractivity (Wildman–Crippen MR) is 0 cm³/mol. The van der Waals surface area contributed by atoms with Gasteiger partial charge in [-0.05, 0) is 0 Å². The van der Waals surface area contributed by atoms with Crippen molar-refractivity contribution in [2.24, 2.45) is 0 Å². The van der Waals surface area contributed by atoms with Gasteiger partial charge in [0.15, 0.2) is 0 Å². The Morgan fingerprint density at radius 3 is 0.600 bits per heavy atom. The molecule has 0 fully saturated rings. The van der Waals surface area contributed by atoms with Gasteiger partial charge < -0.3 is 37.2 Å². The molecule has 0 aromatic rings. The van der Waals surface area contributed by atoms with Crippen molar-refractivity contribution >= 4 is 0 Å². The fourth-order valence-electron chi connectivity index (χ4n) is 0. The summed E-state index contributed by atoms with van der Waals surface area (Å²) < 4.78 is 0. The van der Waals surface area contributed by atoms with E-state index in [0.29, 0.717) is 0 Å². The van der Waals surface area contributed by atoms with Crippen molar-refractivity contribution in [3.8, 4) is 0 Å². The maximum atomic E-state index is 0. The first kappa shape index (κ1) is 41.6. The van der Waals surface area contributed by atoms with Crippen molar-refractivity contribution in [3.63, 3.8) is 0 Å². The van der Waals surface area contributed by atoms with Gasteiger partial charge in [-0.15, -0.1) is 0 Å². The van der Waals surface area contributed by atoms with Crippen LogP contribution in [0.4, 0.5) is 0 Å². The molecule has 0 rings (SSSR count). The molecule has 0 saturated heterocycles. The monoisotopic (exact) mass is 339 g/mol. The number of hydrogen-bond donors (Lipinski definition) is 0. The predicted octanol–water partition coefficient (Wildman–Crippen LogP) is -12.0.